The van der Waals surface area contributed by atoms with Crippen LogP contribution in [0.25, 0.3) is 0 Å². The third-order valence-electron chi connectivity index (χ3n) is 3.04. The molecule has 1 N–H and O–H groups in total. The highest BCUT2D eigenvalue weighted by Gasteiger charge is 2.26. The average Bonchev–Trinajstić information content (AvgIpc) is 2.52. The number of hydrogen-bond acceptors (Lipinski definition) is 3. The molecule has 4 nitrogen and oxygen atoms in total. The lowest BCUT2D eigenvalue weighted by molar-refractivity contribution is -0.143. The van der Waals surface area contributed by atoms with Crippen molar-refractivity contribution in [2.75, 3.05) is 7.11 Å². The number of nitrogens with one attached hydrogen (secondary N) is 1. The van der Waals surface area contributed by atoms with E-state index in [1.807, 2.05) is 0 Å². The molecule has 0 radical (unpaired) electrons. The molecule has 0 saturated heterocycles. The second-order valence-electron chi connectivity index (χ2n) is 4.44. The SMILES string of the molecule is COC(=O)C(NC(=O)c1c(F)cccc1Cl)c1ccccc1. The lowest BCUT2D eigenvalue weighted by atomic mass is 10.1. The van der Waals surface area contributed by atoms with Gasteiger partial charge in [0.2, 0.25) is 0 Å². The van der Waals surface area contributed by atoms with Gasteiger partial charge in [-0.1, -0.05) is 48.0 Å². The molecule has 22 heavy (non-hydrogen) atoms. The van der Waals surface area contributed by atoms with Crippen LogP contribution in [0.4, 0.5) is 4.39 Å². The Morgan fingerprint density at radius 2 is 1.82 bits per heavy atom. The molecule has 0 aliphatic heterocycles. The van der Waals surface area contributed by atoms with Crippen LogP contribution in [0.1, 0.15) is 22.0 Å². The zero-order valence-electron chi connectivity index (χ0n) is 11.7. The summed E-state index contributed by atoms with van der Waals surface area (Å²) >= 11 is 5.85. The van der Waals surface area contributed by atoms with Crippen LogP contribution in [0, 0.1) is 5.82 Å². The Bertz CT molecular complexity index is 671. The zero-order valence-corrected chi connectivity index (χ0v) is 12.4. The van der Waals surface area contributed by atoms with Gasteiger partial charge < -0.3 is 10.1 Å². The fraction of sp³-hybridized carbons (Fsp3) is 0.125. The number of methoxy groups -OCH3 is 1. The molecule has 0 heterocycles. The first-order chi connectivity index (χ1) is 10.5. The summed E-state index contributed by atoms with van der Waals surface area (Å²) in [6.45, 7) is 0. The molecular weight excluding hydrogens is 309 g/mol. The third kappa shape index (κ3) is 3.43. The predicted molar refractivity (Wildman–Crippen MR) is 80.1 cm³/mol. The van der Waals surface area contributed by atoms with Crippen LogP contribution in [0.15, 0.2) is 48.5 Å². The van der Waals surface area contributed by atoms with Gasteiger partial charge in [-0.25, -0.2) is 9.18 Å². The maximum atomic E-state index is 13.8. The second kappa shape index (κ2) is 7.04. The molecule has 2 aromatic rings. The minimum atomic E-state index is -1.05. The maximum Gasteiger partial charge on any atom is 0.333 e. The van der Waals surface area contributed by atoms with Gasteiger partial charge >= 0.3 is 5.97 Å². The molecule has 0 bridgehead atoms. The number of carbonyl (C=O) groups is 2. The van der Waals surface area contributed by atoms with E-state index in [0.717, 1.165) is 6.07 Å². The van der Waals surface area contributed by atoms with E-state index >= 15 is 0 Å². The monoisotopic (exact) mass is 321 g/mol. The van der Waals surface area contributed by atoms with Gasteiger partial charge in [-0.3, -0.25) is 4.79 Å². The van der Waals surface area contributed by atoms with E-state index in [0.29, 0.717) is 5.56 Å². The molecule has 0 aliphatic carbocycles. The van der Waals surface area contributed by atoms with Crippen LogP contribution in [-0.4, -0.2) is 19.0 Å². The van der Waals surface area contributed by atoms with E-state index in [2.05, 4.69) is 10.1 Å². The van der Waals surface area contributed by atoms with Gasteiger partial charge in [0.1, 0.15) is 5.82 Å². The van der Waals surface area contributed by atoms with Crippen LogP contribution in [-0.2, 0) is 9.53 Å². The van der Waals surface area contributed by atoms with Gasteiger partial charge in [0.05, 0.1) is 17.7 Å². The summed E-state index contributed by atoms with van der Waals surface area (Å²) in [6.07, 6.45) is 0. The molecule has 6 heteroatoms. The van der Waals surface area contributed by atoms with Gasteiger partial charge in [0.25, 0.3) is 5.91 Å². The lowest BCUT2D eigenvalue weighted by Crippen LogP contribution is -2.35. The number of benzene rings is 2. The average molecular weight is 322 g/mol. The molecule has 0 aliphatic rings. The molecular formula is C16H13ClFNO3. The highest BCUT2D eigenvalue weighted by Crippen LogP contribution is 2.21. The molecule has 0 saturated carbocycles. The number of ether oxygens (including phenoxy) is 1. The van der Waals surface area contributed by atoms with E-state index in [1.54, 1.807) is 30.3 Å². The van der Waals surface area contributed by atoms with Gasteiger partial charge in [-0.15, -0.1) is 0 Å². The lowest BCUT2D eigenvalue weighted by Gasteiger charge is -2.17. The normalized spacial score (nSPS) is 11.6. The quantitative estimate of drug-likeness (QED) is 0.880. The smallest absolute Gasteiger partial charge is 0.333 e. The fourth-order valence-electron chi connectivity index (χ4n) is 1.96. The summed E-state index contributed by atoms with van der Waals surface area (Å²) in [6, 6.07) is 11.4. The number of hydrogen-bond donors (Lipinski definition) is 1. The maximum absolute atomic E-state index is 13.8. The Balaban J connectivity index is 2.32. The number of amides is 1. The van der Waals surface area contributed by atoms with E-state index in [-0.39, 0.29) is 10.6 Å². The van der Waals surface area contributed by atoms with E-state index < -0.39 is 23.7 Å². The molecule has 1 atom stereocenters. The van der Waals surface area contributed by atoms with Crippen molar-refractivity contribution in [3.63, 3.8) is 0 Å². The summed E-state index contributed by atoms with van der Waals surface area (Å²) in [7, 11) is 1.21. The van der Waals surface area contributed by atoms with Crippen LogP contribution < -0.4 is 5.32 Å². The zero-order chi connectivity index (χ0) is 16.1. The van der Waals surface area contributed by atoms with E-state index in [4.69, 9.17) is 11.6 Å². The Kier molecular flexibility index (Phi) is 5.12. The summed E-state index contributed by atoms with van der Waals surface area (Å²) in [5.41, 5.74) is 0.212. The second-order valence-corrected chi connectivity index (χ2v) is 4.84. The number of carbonyl (C=O) groups excluding carboxylic acids is 2. The first kappa shape index (κ1) is 16.0. The first-order valence-electron chi connectivity index (χ1n) is 6.42. The minimum absolute atomic E-state index is 0.0332. The summed E-state index contributed by atoms with van der Waals surface area (Å²) in [4.78, 5) is 24.1. The third-order valence-corrected chi connectivity index (χ3v) is 3.35. The Labute approximate surface area is 131 Å². The molecule has 0 fully saturated rings. The number of rotatable bonds is 4. The van der Waals surface area contributed by atoms with Crippen molar-refractivity contribution in [1.29, 1.82) is 0 Å². The molecule has 114 valence electrons. The van der Waals surface area contributed by atoms with E-state index in [1.165, 1.54) is 19.2 Å². The van der Waals surface area contributed by atoms with Crippen molar-refractivity contribution in [2.24, 2.45) is 0 Å². The molecule has 0 spiro atoms. The van der Waals surface area contributed by atoms with Crippen LogP contribution >= 0.6 is 11.6 Å². The largest absolute Gasteiger partial charge is 0.467 e. The first-order valence-corrected chi connectivity index (χ1v) is 6.80. The van der Waals surface area contributed by atoms with Gasteiger partial charge in [0, 0.05) is 0 Å². The Morgan fingerprint density at radius 3 is 2.41 bits per heavy atom. The van der Waals surface area contributed by atoms with Crippen LogP contribution in [0.2, 0.25) is 5.02 Å². The van der Waals surface area contributed by atoms with Crippen LogP contribution in [0.3, 0.4) is 0 Å². The summed E-state index contributed by atoms with van der Waals surface area (Å²) < 4.78 is 18.5. The van der Waals surface area contributed by atoms with Crippen molar-refractivity contribution < 1.29 is 18.7 Å². The van der Waals surface area contributed by atoms with Gasteiger partial charge in [-0.05, 0) is 17.7 Å². The highest BCUT2D eigenvalue weighted by atomic mass is 35.5. The van der Waals surface area contributed by atoms with Gasteiger partial charge in [0.15, 0.2) is 6.04 Å². The highest BCUT2D eigenvalue weighted by molar-refractivity contribution is 6.33. The topological polar surface area (TPSA) is 55.4 Å². The van der Waals surface area contributed by atoms with Crippen molar-refractivity contribution in [3.8, 4) is 0 Å². The van der Waals surface area contributed by atoms with Crippen molar-refractivity contribution in [1.82, 2.24) is 5.32 Å². The van der Waals surface area contributed by atoms with Crippen LogP contribution in [0.5, 0.6) is 0 Å². The van der Waals surface area contributed by atoms with Crippen molar-refractivity contribution in [2.45, 2.75) is 6.04 Å². The minimum Gasteiger partial charge on any atom is -0.467 e. The number of esters is 1. The molecule has 1 unspecified atom stereocenters. The molecule has 1 amide bonds. The summed E-state index contributed by atoms with van der Waals surface area (Å²) in [5.74, 6) is -2.21. The van der Waals surface area contributed by atoms with Crippen molar-refractivity contribution in [3.05, 3.63) is 70.5 Å². The predicted octanol–water partition coefficient (Wildman–Crippen LogP) is 3.12. The van der Waals surface area contributed by atoms with E-state index in [9.17, 15) is 14.0 Å². The standard InChI is InChI=1S/C16H13ClFNO3/c1-22-16(21)14(10-6-3-2-4-7-10)19-15(20)13-11(17)8-5-9-12(13)18/h2-9,14H,1H3,(H,19,20). The molecule has 2 aromatic carbocycles. The fourth-order valence-corrected chi connectivity index (χ4v) is 2.21. The van der Waals surface area contributed by atoms with Gasteiger partial charge in [-0.2, -0.15) is 0 Å². The molecule has 2 rings (SSSR count). The Hall–Kier alpha value is -2.40. The summed E-state index contributed by atoms with van der Waals surface area (Å²) in [5, 5.41) is 2.41. The molecule has 0 aromatic heterocycles. The number of halogens is 2. The van der Waals surface area contributed by atoms with Crippen molar-refractivity contribution >= 4 is 23.5 Å². The Morgan fingerprint density at radius 1 is 1.14 bits per heavy atom.